The number of anilines is 1. The Morgan fingerprint density at radius 1 is 0.903 bits per heavy atom. The molecule has 1 aromatic heterocycles. The summed E-state index contributed by atoms with van der Waals surface area (Å²) < 4.78 is 5.35. The highest BCUT2D eigenvalue weighted by Crippen LogP contribution is 2.28. The van der Waals surface area contributed by atoms with E-state index in [9.17, 15) is 9.59 Å². The van der Waals surface area contributed by atoms with Gasteiger partial charge in [0, 0.05) is 28.6 Å². The molecule has 0 aliphatic rings. The molecule has 1 heterocycles. The van der Waals surface area contributed by atoms with E-state index in [0.29, 0.717) is 29.2 Å². The highest BCUT2D eigenvalue weighted by molar-refractivity contribution is 6.15. The van der Waals surface area contributed by atoms with Gasteiger partial charge < -0.3 is 20.4 Å². The van der Waals surface area contributed by atoms with Gasteiger partial charge in [-0.3, -0.25) is 9.59 Å². The van der Waals surface area contributed by atoms with Crippen molar-refractivity contribution in [3.8, 4) is 5.75 Å². The number of carbonyl (C=O) groups is 2. The zero-order chi connectivity index (χ0) is 21.8. The zero-order valence-corrected chi connectivity index (χ0v) is 17.4. The van der Waals surface area contributed by atoms with Gasteiger partial charge in [-0.2, -0.15) is 0 Å². The molecular weight excluding hydrogens is 390 g/mol. The number of methoxy groups -OCH3 is 1. The van der Waals surface area contributed by atoms with Crippen LogP contribution in [0, 0.1) is 6.92 Å². The molecule has 0 saturated heterocycles. The lowest BCUT2D eigenvalue weighted by Gasteiger charge is -2.11. The Bertz CT molecular complexity index is 1240. The lowest BCUT2D eigenvalue weighted by molar-refractivity contribution is 0.0947. The van der Waals surface area contributed by atoms with Crippen LogP contribution in [0.2, 0.25) is 0 Å². The van der Waals surface area contributed by atoms with Crippen molar-refractivity contribution >= 4 is 28.4 Å². The number of carbonyl (C=O) groups excluding carboxylic acids is 2. The van der Waals surface area contributed by atoms with E-state index in [1.165, 1.54) is 0 Å². The second-order valence-corrected chi connectivity index (χ2v) is 7.24. The van der Waals surface area contributed by atoms with E-state index in [1.54, 1.807) is 19.2 Å². The molecule has 156 valence electrons. The Morgan fingerprint density at radius 3 is 2.39 bits per heavy atom. The first-order valence-electron chi connectivity index (χ1n) is 9.95. The lowest BCUT2D eigenvalue weighted by atomic mass is 10.1. The first-order valence-corrected chi connectivity index (χ1v) is 9.95. The smallest absolute Gasteiger partial charge is 0.270 e. The van der Waals surface area contributed by atoms with Crippen LogP contribution in [0.15, 0.2) is 72.8 Å². The van der Waals surface area contributed by atoms with E-state index >= 15 is 0 Å². The fourth-order valence-corrected chi connectivity index (χ4v) is 3.45. The molecule has 3 aromatic carbocycles. The van der Waals surface area contributed by atoms with E-state index < -0.39 is 0 Å². The molecular formula is C25H23N3O3. The number of aryl methyl sites for hydroxylation is 1. The van der Waals surface area contributed by atoms with Crippen LogP contribution in [-0.2, 0) is 6.54 Å². The van der Waals surface area contributed by atoms with Gasteiger partial charge in [-0.25, -0.2) is 0 Å². The number of amides is 2. The third-order valence-electron chi connectivity index (χ3n) is 5.12. The zero-order valence-electron chi connectivity index (χ0n) is 17.4. The maximum absolute atomic E-state index is 13.0. The summed E-state index contributed by atoms with van der Waals surface area (Å²) in [5.74, 6) is 0.109. The van der Waals surface area contributed by atoms with Crippen LogP contribution in [-0.4, -0.2) is 23.9 Å². The number of hydrogen-bond donors (Lipinski definition) is 3. The quantitative estimate of drug-likeness (QED) is 0.430. The third kappa shape index (κ3) is 4.28. The van der Waals surface area contributed by atoms with E-state index in [4.69, 9.17) is 4.74 Å². The highest BCUT2D eigenvalue weighted by Gasteiger charge is 2.20. The predicted molar refractivity (Wildman–Crippen MR) is 122 cm³/mol. The SMILES string of the molecule is COc1ccccc1CNC(=O)c1[nH]c2ccccc2c1NC(=O)c1ccc(C)cc1. The first-order chi connectivity index (χ1) is 15.1. The minimum Gasteiger partial charge on any atom is -0.496 e. The van der Waals surface area contributed by atoms with E-state index in [1.807, 2.05) is 67.6 Å². The largest absolute Gasteiger partial charge is 0.496 e. The molecule has 0 radical (unpaired) electrons. The second kappa shape index (κ2) is 8.75. The lowest BCUT2D eigenvalue weighted by Crippen LogP contribution is -2.25. The molecule has 0 fully saturated rings. The number of aromatic nitrogens is 1. The molecule has 3 N–H and O–H groups in total. The van der Waals surface area contributed by atoms with Crippen molar-refractivity contribution in [3.63, 3.8) is 0 Å². The first kappa shape index (κ1) is 20.2. The Kier molecular flexibility index (Phi) is 5.71. The number of benzene rings is 3. The number of ether oxygens (including phenoxy) is 1. The summed E-state index contributed by atoms with van der Waals surface area (Å²) in [5.41, 5.74) is 3.98. The number of H-pyrrole nitrogens is 1. The molecule has 4 aromatic rings. The van der Waals surface area contributed by atoms with Gasteiger partial charge in [-0.05, 0) is 31.2 Å². The standard InChI is InChI=1S/C25H23N3O3/c1-16-11-13-17(14-12-16)24(29)28-22-19-8-4-5-9-20(19)27-23(22)25(30)26-15-18-7-3-6-10-21(18)31-2/h3-14,27H,15H2,1-2H3,(H,26,30)(H,28,29). The number of para-hydroxylation sites is 2. The van der Waals surface area contributed by atoms with Crippen LogP contribution in [0.3, 0.4) is 0 Å². The summed E-state index contributed by atoms with van der Waals surface area (Å²) in [6.07, 6.45) is 0. The van der Waals surface area contributed by atoms with Crippen LogP contribution in [0.25, 0.3) is 10.9 Å². The van der Waals surface area contributed by atoms with Crippen molar-refractivity contribution in [1.29, 1.82) is 0 Å². The summed E-state index contributed by atoms with van der Waals surface area (Å²) in [5, 5.41) is 6.59. The Labute approximate surface area is 180 Å². The van der Waals surface area contributed by atoms with Crippen LogP contribution in [0.1, 0.15) is 32.0 Å². The average Bonchev–Trinajstić information content (AvgIpc) is 3.16. The van der Waals surface area contributed by atoms with Crippen LogP contribution >= 0.6 is 0 Å². The van der Waals surface area contributed by atoms with Gasteiger partial charge >= 0.3 is 0 Å². The van der Waals surface area contributed by atoms with Gasteiger partial charge in [0.25, 0.3) is 11.8 Å². The van der Waals surface area contributed by atoms with Crippen LogP contribution < -0.4 is 15.4 Å². The molecule has 4 rings (SSSR count). The fraction of sp³-hybridized carbons (Fsp3) is 0.120. The van der Waals surface area contributed by atoms with Crippen LogP contribution in [0.5, 0.6) is 5.75 Å². The van der Waals surface area contributed by atoms with Crippen LogP contribution in [0.4, 0.5) is 5.69 Å². The van der Waals surface area contributed by atoms with Crippen molar-refractivity contribution in [2.75, 3.05) is 12.4 Å². The van der Waals surface area contributed by atoms with Crippen molar-refractivity contribution in [2.24, 2.45) is 0 Å². The van der Waals surface area contributed by atoms with E-state index in [2.05, 4.69) is 15.6 Å². The van der Waals surface area contributed by atoms with E-state index in [-0.39, 0.29) is 11.8 Å². The summed E-state index contributed by atoms with van der Waals surface area (Å²) in [6, 6.07) is 22.3. The second-order valence-electron chi connectivity index (χ2n) is 7.24. The monoisotopic (exact) mass is 413 g/mol. The summed E-state index contributed by atoms with van der Waals surface area (Å²) in [4.78, 5) is 29.0. The predicted octanol–water partition coefficient (Wildman–Crippen LogP) is 4.67. The van der Waals surface area contributed by atoms with Gasteiger partial charge in [0.05, 0.1) is 12.8 Å². The minimum absolute atomic E-state index is 0.275. The third-order valence-corrected chi connectivity index (χ3v) is 5.12. The molecule has 0 unspecified atom stereocenters. The maximum Gasteiger partial charge on any atom is 0.270 e. The molecule has 0 aliphatic heterocycles. The molecule has 0 saturated carbocycles. The number of hydrogen-bond acceptors (Lipinski definition) is 3. The van der Waals surface area contributed by atoms with Gasteiger partial charge in [-0.1, -0.05) is 54.1 Å². The maximum atomic E-state index is 13.0. The molecule has 6 heteroatoms. The van der Waals surface area contributed by atoms with E-state index in [0.717, 1.165) is 22.0 Å². The minimum atomic E-state index is -0.318. The number of aromatic amines is 1. The molecule has 2 amide bonds. The summed E-state index contributed by atoms with van der Waals surface area (Å²) >= 11 is 0. The summed E-state index contributed by atoms with van der Waals surface area (Å²) in [7, 11) is 1.59. The molecule has 0 spiro atoms. The summed E-state index contributed by atoms with van der Waals surface area (Å²) in [6.45, 7) is 2.26. The molecule has 0 aliphatic carbocycles. The molecule has 31 heavy (non-hydrogen) atoms. The number of fused-ring (bicyclic) bond motifs is 1. The van der Waals surface area contributed by atoms with Crippen molar-refractivity contribution in [1.82, 2.24) is 10.3 Å². The normalized spacial score (nSPS) is 10.6. The topological polar surface area (TPSA) is 83.2 Å². The van der Waals surface area contributed by atoms with Gasteiger partial charge in [-0.15, -0.1) is 0 Å². The van der Waals surface area contributed by atoms with Gasteiger partial charge in [0.1, 0.15) is 11.4 Å². The van der Waals surface area contributed by atoms with Crippen molar-refractivity contribution in [2.45, 2.75) is 13.5 Å². The molecule has 6 nitrogen and oxygen atoms in total. The van der Waals surface area contributed by atoms with Crippen molar-refractivity contribution in [3.05, 3.63) is 95.2 Å². The average molecular weight is 413 g/mol. The highest BCUT2D eigenvalue weighted by atomic mass is 16.5. The number of rotatable bonds is 6. The Morgan fingerprint density at radius 2 is 1.61 bits per heavy atom. The molecule has 0 atom stereocenters. The Hall–Kier alpha value is -4.06. The fourth-order valence-electron chi connectivity index (χ4n) is 3.45. The Balaban J connectivity index is 1.62. The van der Waals surface area contributed by atoms with Gasteiger partial charge in [0.15, 0.2) is 0 Å². The van der Waals surface area contributed by atoms with Crippen molar-refractivity contribution < 1.29 is 14.3 Å². The number of nitrogens with one attached hydrogen (secondary N) is 3. The van der Waals surface area contributed by atoms with Gasteiger partial charge in [0.2, 0.25) is 0 Å². The molecule has 0 bridgehead atoms.